The minimum atomic E-state index is -0.534. The van der Waals surface area contributed by atoms with Crippen molar-refractivity contribution in [3.63, 3.8) is 0 Å². The molecule has 1 N–H and O–H groups in total. The normalized spacial score (nSPS) is 11.1. The van der Waals surface area contributed by atoms with E-state index in [2.05, 4.69) is 10.3 Å². The Morgan fingerprint density at radius 2 is 2.23 bits per heavy atom. The molecule has 0 fully saturated rings. The first kappa shape index (κ1) is 14.3. The average Bonchev–Trinajstić information content (AvgIpc) is 3.11. The largest absolute Gasteiger partial charge is 0.433 e. The smallest absolute Gasteiger partial charge is 0.399 e. The predicted molar refractivity (Wildman–Crippen MR) is 81.8 cm³/mol. The number of hydrogen-bond acceptors (Lipinski definition) is 5. The van der Waals surface area contributed by atoms with Gasteiger partial charge in [0.05, 0.1) is 11.8 Å². The van der Waals surface area contributed by atoms with Gasteiger partial charge in [0.2, 0.25) is 0 Å². The third-order valence-corrected chi connectivity index (χ3v) is 3.45. The SMILES string of the molecule is CNCCCc1nc2ccccn2c1-c1ccc([N+](=O)[O-])o1. The van der Waals surface area contributed by atoms with Crippen LogP contribution in [0.4, 0.5) is 5.88 Å². The maximum atomic E-state index is 10.8. The van der Waals surface area contributed by atoms with Gasteiger partial charge in [0.1, 0.15) is 16.3 Å². The van der Waals surface area contributed by atoms with Gasteiger partial charge in [0.15, 0.2) is 5.76 Å². The standard InChI is InChI=1S/C15H16N4O3/c1-16-9-4-5-11-15(12-7-8-14(22-12)19(20)21)18-10-3-2-6-13(18)17-11/h2-3,6-8,10,16H,4-5,9H2,1H3. The molecule has 7 nitrogen and oxygen atoms in total. The van der Waals surface area contributed by atoms with Gasteiger partial charge in [-0.3, -0.25) is 14.5 Å². The summed E-state index contributed by atoms with van der Waals surface area (Å²) in [7, 11) is 1.90. The number of nitrogens with zero attached hydrogens (tertiary/aromatic N) is 3. The minimum Gasteiger partial charge on any atom is -0.399 e. The second kappa shape index (κ2) is 5.98. The highest BCUT2D eigenvalue weighted by atomic mass is 16.6. The number of hydrogen-bond donors (Lipinski definition) is 1. The van der Waals surface area contributed by atoms with E-state index in [1.54, 1.807) is 6.07 Å². The molecule has 0 unspecified atom stereocenters. The van der Waals surface area contributed by atoms with Crippen LogP contribution in [-0.2, 0) is 6.42 Å². The Balaban J connectivity index is 2.07. The van der Waals surface area contributed by atoms with Crippen LogP contribution in [0.1, 0.15) is 12.1 Å². The van der Waals surface area contributed by atoms with Crippen molar-refractivity contribution < 1.29 is 9.34 Å². The van der Waals surface area contributed by atoms with Gasteiger partial charge in [-0.2, -0.15) is 0 Å². The van der Waals surface area contributed by atoms with Crippen molar-refractivity contribution in [3.8, 4) is 11.5 Å². The molecular weight excluding hydrogens is 284 g/mol. The molecule has 7 heteroatoms. The van der Waals surface area contributed by atoms with Crippen LogP contribution in [0.2, 0.25) is 0 Å². The lowest BCUT2D eigenvalue weighted by Gasteiger charge is -2.02. The Morgan fingerprint density at radius 3 is 2.95 bits per heavy atom. The van der Waals surface area contributed by atoms with Crippen LogP contribution in [0.3, 0.4) is 0 Å². The van der Waals surface area contributed by atoms with Crippen molar-refractivity contribution in [1.82, 2.24) is 14.7 Å². The Labute approximate surface area is 126 Å². The lowest BCUT2D eigenvalue weighted by molar-refractivity contribution is -0.401. The first-order valence-electron chi connectivity index (χ1n) is 7.06. The van der Waals surface area contributed by atoms with E-state index in [1.807, 2.05) is 35.8 Å². The number of nitro groups is 1. The Kier molecular flexibility index (Phi) is 3.88. The van der Waals surface area contributed by atoms with Gasteiger partial charge in [-0.05, 0) is 44.6 Å². The molecule has 114 valence electrons. The van der Waals surface area contributed by atoms with E-state index in [4.69, 9.17) is 4.42 Å². The van der Waals surface area contributed by atoms with Crippen LogP contribution in [-0.4, -0.2) is 27.9 Å². The molecule has 3 rings (SSSR count). The summed E-state index contributed by atoms with van der Waals surface area (Å²) < 4.78 is 7.27. The Morgan fingerprint density at radius 1 is 1.36 bits per heavy atom. The van der Waals surface area contributed by atoms with Gasteiger partial charge >= 0.3 is 5.88 Å². The molecule has 0 atom stereocenters. The summed E-state index contributed by atoms with van der Waals surface area (Å²) in [6.45, 7) is 0.881. The van der Waals surface area contributed by atoms with Crippen LogP contribution in [0.5, 0.6) is 0 Å². The monoisotopic (exact) mass is 300 g/mol. The van der Waals surface area contributed by atoms with Gasteiger partial charge in [-0.15, -0.1) is 0 Å². The fraction of sp³-hybridized carbons (Fsp3) is 0.267. The highest BCUT2D eigenvalue weighted by molar-refractivity contribution is 5.63. The van der Waals surface area contributed by atoms with Crippen LogP contribution in [0.15, 0.2) is 40.9 Å². The zero-order valence-electron chi connectivity index (χ0n) is 12.2. The molecule has 0 amide bonds. The predicted octanol–water partition coefficient (Wildman–Crippen LogP) is 2.65. The molecule has 0 aromatic carbocycles. The second-order valence-electron chi connectivity index (χ2n) is 4.94. The van der Waals surface area contributed by atoms with Crippen molar-refractivity contribution in [2.45, 2.75) is 12.8 Å². The van der Waals surface area contributed by atoms with Crippen molar-refractivity contribution in [3.05, 3.63) is 52.3 Å². The summed E-state index contributed by atoms with van der Waals surface area (Å²) in [6.07, 6.45) is 3.58. The van der Waals surface area contributed by atoms with Crippen LogP contribution in [0, 0.1) is 10.1 Å². The van der Waals surface area contributed by atoms with Gasteiger partial charge in [-0.25, -0.2) is 4.98 Å². The molecule has 22 heavy (non-hydrogen) atoms. The van der Waals surface area contributed by atoms with Gasteiger partial charge < -0.3 is 9.73 Å². The van der Waals surface area contributed by atoms with Crippen molar-refractivity contribution >= 4 is 11.5 Å². The minimum absolute atomic E-state index is 0.262. The number of nitrogens with one attached hydrogen (secondary N) is 1. The summed E-state index contributed by atoms with van der Waals surface area (Å²) in [6, 6.07) is 8.70. The fourth-order valence-electron chi connectivity index (χ4n) is 2.47. The molecule has 0 aliphatic carbocycles. The molecule has 3 aromatic heterocycles. The summed E-state index contributed by atoms with van der Waals surface area (Å²) >= 11 is 0. The van der Waals surface area contributed by atoms with Gasteiger partial charge in [0.25, 0.3) is 0 Å². The van der Waals surface area contributed by atoms with E-state index in [1.165, 1.54) is 6.07 Å². The number of rotatable bonds is 6. The molecule has 0 aliphatic heterocycles. The quantitative estimate of drug-likeness (QED) is 0.429. The molecule has 0 radical (unpaired) electrons. The summed E-state index contributed by atoms with van der Waals surface area (Å²) in [4.78, 5) is 14.9. The number of furan rings is 1. The lowest BCUT2D eigenvalue weighted by Crippen LogP contribution is -2.08. The van der Waals surface area contributed by atoms with E-state index in [0.717, 1.165) is 36.4 Å². The lowest BCUT2D eigenvalue weighted by atomic mass is 10.1. The molecule has 3 aromatic rings. The Hall–Kier alpha value is -2.67. The highest BCUT2D eigenvalue weighted by Crippen LogP contribution is 2.30. The number of pyridine rings is 1. The highest BCUT2D eigenvalue weighted by Gasteiger charge is 2.20. The van der Waals surface area contributed by atoms with Crippen LogP contribution in [0.25, 0.3) is 17.1 Å². The van der Waals surface area contributed by atoms with E-state index in [9.17, 15) is 10.1 Å². The zero-order chi connectivity index (χ0) is 15.5. The molecule has 0 saturated carbocycles. The second-order valence-corrected chi connectivity index (χ2v) is 4.94. The third kappa shape index (κ3) is 2.58. The number of aromatic nitrogens is 2. The maximum absolute atomic E-state index is 10.8. The molecule has 0 spiro atoms. The van der Waals surface area contributed by atoms with E-state index in [0.29, 0.717) is 5.76 Å². The van der Waals surface area contributed by atoms with Crippen LogP contribution >= 0.6 is 0 Å². The summed E-state index contributed by atoms with van der Waals surface area (Å²) in [5, 5.41) is 13.9. The molecule has 3 heterocycles. The van der Waals surface area contributed by atoms with Gasteiger partial charge in [-0.1, -0.05) is 6.07 Å². The van der Waals surface area contributed by atoms with Crippen molar-refractivity contribution in [1.29, 1.82) is 0 Å². The molecule has 0 bridgehead atoms. The number of fused-ring (bicyclic) bond motifs is 1. The summed E-state index contributed by atoms with van der Waals surface area (Å²) in [5.74, 6) is 0.201. The van der Waals surface area contributed by atoms with Gasteiger partial charge in [0, 0.05) is 6.20 Å². The number of aryl methyl sites for hydroxylation is 1. The van der Waals surface area contributed by atoms with E-state index in [-0.39, 0.29) is 5.88 Å². The third-order valence-electron chi connectivity index (χ3n) is 3.45. The first-order valence-corrected chi connectivity index (χ1v) is 7.06. The van der Waals surface area contributed by atoms with Crippen molar-refractivity contribution in [2.24, 2.45) is 0 Å². The topological polar surface area (TPSA) is 85.6 Å². The molecular formula is C15H16N4O3. The molecule has 0 saturated heterocycles. The van der Waals surface area contributed by atoms with E-state index < -0.39 is 4.92 Å². The fourth-order valence-corrected chi connectivity index (χ4v) is 2.47. The zero-order valence-corrected chi connectivity index (χ0v) is 12.2. The summed E-state index contributed by atoms with van der Waals surface area (Å²) in [5.41, 5.74) is 2.46. The van der Waals surface area contributed by atoms with Crippen molar-refractivity contribution in [2.75, 3.05) is 13.6 Å². The first-order chi connectivity index (χ1) is 10.7. The molecule has 0 aliphatic rings. The van der Waals surface area contributed by atoms with E-state index >= 15 is 0 Å². The maximum Gasteiger partial charge on any atom is 0.433 e. The van der Waals surface area contributed by atoms with Crippen LogP contribution < -0.4 is 5.32 Å². The Bertz CT molecular complexity index is 806. The average molecular weight is 300 g/mol. The number of imidazole rings is 1.